The number of likely N-dealkylation sites (N-methyl/N-ethyl adjacent to an activating group) is 1. The van der Waals surface area contributed by atoms with Crippen LogP contribution in [0, 0.1) is 0 Å². The van der Waals surface area contributed by atoms with Gasteiger partial charge in [0.2, 0.25) is 0 Å². The van der Waals surface area contributed by atoms with Crippen LogP contribution in [0.4, 0.5) is 0 Å². The second kappa shape index (κ2) is 7.41. The van der Waals surface area contributed by atoms with Gasteiger partial charge in [0.15, 0.2) is 0 Å². The topological polar surface area (TPSA) is 33.1 Å². The van der Waals surface area contributed by atoms with Gasteiger partial charge < -0.3 is 10.2 Å². The molecule has 0 aliphatic heterocycles. The molecule has 6 heteroatoms. The lowest BCUT2D eigenvalue weighted by Gasteiger charge is -2.19. The number of rotatable bonds is 7. The number of aromatic nitrogens is 2. The Balaban J connectivity index is 2.84. The molecule has 0 saturated carbocycles. The molecule has 0 radical (unpaired) electrons. The number of hydrogen-bond donors (Lipinski definition) is 1. The summed E-state index contributed by atoms with van der Waals surface area (Å²) in [4.78, 5) is 2.17. The Morgan fingerprint density at radius 1 is 1.59 bits per heavy atom. The van der Waals surface area contributed by atoms with E-state index in [2.05, 4.69) is 56.3 Å². The van der Waals surface area contributed by atoms with Gasteiger partial charge in [-0.3, -0.25) is 4.68 Å². The molecule has 98 valence electrons. The summed E-state index contributed by atoms with van der Waals surface area (Å²) in [5.74, 6) is 1.04. The molecular weight excluding hydrogens is 300 g/mol. The second-order valence-electron chi connectivity index (χ2n) is 4.20. The quantitative estimate of drug-likeness (QED) is 0.831. The van der Waals surface area contributed by atoms with Crippen molar-refractivity contribution >= 4 is 27.7 Å². The number of nitrogens with zero attached hydrogens (tertiary/aromatic N) is 3. The van der Waals surface area contributed by atoms with E-state index in [1.807, 2.05) is 25.0 Å². The highest BCUT2D eigenvalue weighted by Gasteiger charge is 2.18. The standard InChI is InChI=1S/C11H21BrN4S/c1-13-10(8-17-4)11-9(12)7-14-16(11)6-5-15(2)3/h7,10,13H,5-6,8H2,1-4H3. The largest absolute Gasteiger partial charge is 0.311 e. The summed E-state index contributed by atoms with van der Waals surface area (Å²) in [5.41, 5.74) is 1.24. The third-order valence-corrected chi connectivity index (χ3v) is 3.88. The maximum absolute atomic E-state index is 4.43. The van der Waals surface area contributed by atoms with E-state index < -0.39 is 0 Å². The molecule has 1 aromatic heterocycles. The van der Waals surface area contributed by atoms with Gasteiger partial charge in [-0.1, -0.05) is 0 Å². The predicted molar refractivity (Wildman–Crippen MR) is 78.7 cm³/mol. The van der Waals surface area contributed by atoms with Crippen LogP contribution >= 0.6 is 27.7 Å². The number of nitrogens with one attached hydrogen (secondary N) is 1. The Hall–Kier alpha value is -0.0400. The summed E-state index contributed by atoms with van der Waals surface area (Å²) < 4.78 is 3.17. The maximum Gasteiger partial charge on any atom is 0.0704 e. The lowest BCUT2D eigenvalue weighted by Crippen LogP contribution is -2.26. The van der Waals surface area contributed by atoms with Crippen molar-refractivity contribution in [3.8, 4) is 0 Å². The molecule has 4 nitrogen and oxygen atoms in total. The van der Waals surface area contributed by atoms with Crippen molar-refractivity contribution in [2.45, 2.75) is 12.6 Å². The van der Waals surface area contributed by atoms with Crippen LogP contribution < -0.4 is 5.32 Å². The zero-order chi connectivity index (χ0) is 12.8. The van der Waals surface area contributed by atoms with Gasteiger partial charge in [0.25, 0.3) is 0 Å². The van der Waals surface area contributed by atoms with E-state index in [1.54, 1.807) is 0 Å². The van der Waals surface area contributed by atoms with Crippen LogP contribution in [-0.2, 0) is 6.54 Å². The molecule has 0 aliphatic carbocycles. The number of halogens is 1. The average molecular weight is 321 g/mol. The molecule has 0 fully saturated rings. The van der Waals surface area contributed by atoms with E-state index in [4.69, 9.17) is 0 Å². The van der Waals surface area contributed by atoms with Crippen molar-refractivity contribution in [2.24, 2.45) is 0 Å². The highest BCUT2D eigenvalue weighted by Crippen LogP contribution is 2.25. The highest BCUT2D eigenvalue weighted by molar-refractivity contribution is 9.10. The van der Waals surface area contributed by atoms with Gasteiger partial charge in [-0.05, 0) is 43.3 Å². The molecule has 0 amide bonds. The van der Waals surface area contributed by atoms with Crippen LogP contribution in [0.15, 0.2) is 10.7 Å². The lowest BCUT2D eigenvalue weighted by molar-refractivity contribution is 0.365. The first-order valence-corrected chi connectivity index (χ1v) is 7.81. The van der Waals surface area contributed by atoms with Gasteiger partial charge in [-0.25, -0.2) is 0 Å². The number of hydrogen-bond acceptors (Lipinski definition) is 4. The highest BCUT2D eigenvalue weighted by atomic mass is 79.9. The van der Waals surface area contributed by atoms with Crippen molar-refractivity contribution in [1.82, 2.24) is 20.0 Å². The van der Waals surface area contributed by atoms with Crippen molar-refractivity contribution in [2.75, 3.05) is 39.7 Å². The number of thioether (sulfide) groups is 1. The monoisotopic (exact) mass is 320 g/mol. The zero-order valence-corrected chi connectivity index (χ0v) is 13.3. The Kier molecular flexibility index (Phi) is 6.54. The maximum atomic E-state index is 4.43. The Bertz CT molecular complexity index is 340. The Morgan fingerprint density at radius 2 is 2.29 bits per heavy atom. The Labute approximate surface area is 116 Å². The molecular formula is C11H21BrN4S. The molecule has 0 spiro atoms. The molecule has 0 aliphatic rings. The minimum atomic E-state index is 0.337. The van der Waals surface area contributed by atoms with E-state index in [0.29, 0.717) is 6.04 Å². The minimum Gasteiger partial charge on any atom is -0.311 e. The molecule has 1 aromatic rings. The molecule has 1 N–H and O–H groups in total. The smallest absolute Gasteiger partial charge is 0.0704 e. The van der Waals surface area contributed by atoms with Crippen LogP contribution in [0.5, 0.6) is 0 Å². The zero-order valence-electron chi connectivity index (χ0n) is 10.9. The Morgan fingerprint density at radius 3 is 2.82 bits per heavy atom. The molecule has 1 atom stereocenters. The van der Waals surface area contributed by atoms with Crippen LogP contribution in [0.2, 0.25) is 0 Å². The molecule has 1 heterocycles. The van der Waals surface area contributed by atoms with Gasteiger partial charge in [-0.15, -0.1) is 0 Å². The fourth-order valence-corrected chi connectivity index (χ4v) is 2.89. The summed E-state index contributed by atoms with van der Waals surface area (Å²) in [7, 11) is 6.15. The summed E-state index contributed by atoms with van der Waals surface area (Å²) in [6.07, 6.45) is 4.01. The van der Waals surface area contributed by atoms with E-state index in [0.717, 1.165) is 23.3 Å². The normalized spacial score (nSPS) is 13.3. The van der Waals surface area contributed by atoms with Gasteiger partial charge >= 0.3 is 0 Å². The summed E-state index contributed by atoms with van der Waals surface area (Å²) in [6, 6.07) is 0.337. The van der Waals surface area contributed by atoms with Crippen molar-refractivity contribution in [3.63, 3.8) is 0 Å². The first-order chi connectivity index (χ1) is 8.10. The third-order valence-electron chi connectivity index (χ3n) is 2.60. The lowest BCUT2D eigenvalue weighted by atomic mass is 10.2. The van der Waals surface area contributed by atoms with Crippen molar-refractivity contribution in [1.29, 1.82) is 0 Å². The molecule has 0 bridgehead atoms. The molecule has 0 saturated heterocycles. The van der Waals surface area contributed by atoms with Crippen molar-refractivity contribution in [3.05, 3.63) is 16.4 Å². The van der Waals surface area contributed by atoms with Gasteiger partial charge in [-0.2, -0.15) is 16.9 Å². The minimum absolute atomic E-state index is 0.337. The first kappa shape index (κ1) is 15.0. The average Bonchev–Trinajstić information content (AvgIpc) is 2.65. The summed E-state index contributed by atoms with van der Waals surface area (Å²) in [6.45, 7) is 1.91. The van der Waals surface area contributed by atoms with E-state index >= 15 is 0 Å². The summed E-state index contributed by atoms with van der Waals surface area (Å²) >= 11 is 5.43. The van der Waals surface area contributed by atoms with Crippen LogP contribution in [0.25, 0.3) is 0 Å². The SMILES string of the molecule is CNC(CSC)c1c(Br)cnn1CCN(C)C. The van der Waals surface area contributed by atoms with E-state index in [-0.39, 0.29) is 0 Å². The van der Waals surface area contributed by atoms with Crippen LogP contribution in [-0.4, -0.2) is 54.4 Å². The van der Waals surface area contributed by atoms with Crippen molar-refractivity contribution < 1.29 is 0 Å². The first-order valence-electron chi connectivity index (χ1n) is 5.62. The van der Waals surface area contributed by atoms with Crippen LogP contribution in [0.3, 0.4) is 0 Å². The molecule has 0 aromatic carbocycles. The van der Waals surface area contributed by atoms with Gasteiger partial charge in [0.05, 0.1) is 29.0 Å². The molecule has 17 heavy (non-hydrogen) atoms. The van der Waals surface area contributed by atoms with Crippen LogP contribution in [0.1, 0.15) is 11.7 Å². The molecule has 1 unspecified atom stereocenters. The van der Waals surface area contributed by atoms with Gasteiger partial charge in [0.1, 0.15) is 0 Å². The van der Waals surface area contributed by atoms with E-state index in [1.165, 1.54) is 5.69 Å². The second-order valence-corrected chi connectivity index (χ2v) is 5.97. The summed E-state index contributed by atoms with van der Waals surface area (Å²) in [5, 5.41) is 7.78. The van der Waals surface area contributed by atoms with Gasteiger partial charge in [0, 0.05) is 12.3 Å². The van der Waals surface area contributed by atoms with E-state index in [9.17, 15) is 0 Å². The fourth-order valence-electron chi connectivity index (χ4n) is 1.66. The predicted octanol–water partition coefficient (Wildman–Crippen LogP) is 1.83. The fraction of sp³-hybridized carbons (Fsp3) is 0.727. The molecule has 1 rings (SSSR count). The third kappa shape index (κ3) is 4.28.